The molecule has 0 amide bonds. The molecule has 2 rings (SSSR count). The molecule has 1 fully saturated rings. The number of hydrogen-bond donors (Lipinski definition) is 1. The second-order valence-electron chi connectivity index (χ2n) is 4.38. The van der Waals surface area contributed by atoms with Crippen molar-refractivity contribution in [2.75, 3.05) is 0 Å². The molecule has 0 aliphatic heterocycles. The van der Waals surface area contributed by atoms with Gasteiger partial charge in [0.1, 0.15) is 10.0 Å². The highest BCUT2D eigenvalue weighted by atomic mass is 32.1. The number of hydrogen-bond acceptors (Lipinski definition) is 4. The van der Waals surface area contributed by atoms with Gasteiger partial charge < -0.3 is 5.32 Å². The van der Waals surface area contributed by atoms with Crippen LogP contribution in [0.2, 0.25) is 0 Å². The molecule has 1 aromatic heterocycles. The fraction of sp³-hybridized carbons (Fsp3) is 0.818. The molecule has 0 spiro atoms. The topological polar surface area (TPSA) is 37.8 Å². The van der Waals surface area contributed by atoms with Crippen LogP contribution in [-0.4, -0.2) is 16.2 Å². The lowest BCUT2D eigenvalue weighted by molar-refractivity contribution is 0.649. The summed E-state index contributed by atoms with van der Waals surface area (Å²) >= 11 is 1.77. The SMILES string of the molecule is CCCC(C)c1nnc(CNC2CC2)s1. The number of aromatic nitrogens is 2. The molecule has 0 saturated heterocycles. The van der Waals surface area contributed by atoms with Crippen molar-refractivity contribution in [3.63, 3.8) is 0 Å². The Bertz CT molecular complexity index is 307. The van der Waals surface area contributed by atoms with E-state index in [-0.39, 0.29) is 0 Å². The van der Waals surface area contributed by atoms with Gasteiger partial charge >= 0.3 is 0 Å². The molecule has 3 nitrogen and oxygen atoms in total. The van der Waals surface area contributed by atoms with Gasteiger partial charge in [-0.2, -0.15) is 0 Å². The maximum atomic E-state index is 4.26. The van der Waals surface area contributed by atoms with Crippen molar-refractivity contribution >= 4 is 11.3 Å². The van der Waals surface area contributed by atoms with Gasteiger partial charge in [0, 0.05) is 18.5 Å². The minimum atomic E-state index is 0.571. The molecule has 0 aromatic carbocycles. The summed E-state index contributed by atoms with van der Waals surface area (Å²) in [6.45, 7) is 5.36. The summed E-state index contributed by atoms with van der Waals surface area (Å²) in [5, 5.41) is 14.3. The van der Waals surface area contributed by atoms with Crippen LogP contribution in [0.15, 0.2) is 0 Å². The van der Waals surface area contributed by atoms with Gasteiger partial charge in [0.15, 0.2) is 0 Å². The monoisotopic (exact) mass is 225 g/mol. The van der Waals surface area contributed by atoms with Crippen molar-refractivity contribution < 1.29 is 0 Å². The summed E-state index contributed by atoms with van der Waals surface area (Å²) < 4.78 is 0. The number of nitrogens with zero attached hydrogens (tertiary/aromatic N) is 2. The van der Waals surface area contributed by atoms with Crippen molar-refractivity contribution in [1.82, 2.24) is 15.5 Å². The molecule has 1 atom stereocenters. The first kappa shape index (κ1) is 11.0. The van der Waals surface area contributed by atoms with E-state index in [4.69, 9.17) is 0 Å². The molecule has 1 aliphatic rings. The average molecular weight is 225 g/mol. The highest BCUT2D eigenvalue weighted by Gasteiger charge is 2.21. The van der Waals surface area contributed by atoms with Crippen molar-refractivity contribution in [1.29, 1.82) is 0 Å². The predicted molar refractivity (Wildman–Crippen MR) is 63.1 cm³/mol. The van der Waals surface area contributed by atoms with Crippen LogP contribution >= 0.6 is 11.3 Å². The molecule has 84 valence electrons. The third-order valence-corrected chi connectivity index (χ3v) is 3.90. The zero-order valence-electron chi connectivity index (χ0n) is 9.49. The Hall–Kier alpha value is -0.480. The van der Waals surface area contributed by atoms with Gasteiger partial charge in [0.25, 0.3) is 0 Å². The molecule has 0 bridgehead atoms. The van der Waals surface area contributed by atoms with E-state index in [1.807, 2.05) is 0 Å². The fourth-order valence-electron chi connectivity index (χ4n) is 1.61. The zero-order valence-corrected chi connectivity index (χ0v) is 10.3. The van der Waals surface area contributed by atoms with Crippen LogP contribution in [0.25, 0.3) is 0 Å². The van der Waals surface area contributed by atoms with E-state index >= 15 is 0 Å². The summed E-state index contributed by atoms with van der Waals surface area (Å²) in [7, 11) is 0. The summed E-state index contributed by atoms with van der Waals surface area (Å²) in [5.41, 5.74) is 0. The molecule has 1 N–H and O–H groups in total. The highest BCUT2D eigenvalue weighted by molar-refractivity contribution is 7.11. The lowest BCUT2D eigenvalue weighted by atomic mass is 10.1. The van der Waals surface area contributed by atoms with E-state index in [1.165, 1.54) is 30.7 Å². The Morgan fingerprint density at radius 3 is 2.93 bits per heavy atom. The highest BCUT2D eigenvalue weighted by Crippen LogP contribution is 2.24. The lowest BCUT2D eigenvalue weighted by Crippen LogP contribution is -2.14. The van der Waals surface area contributed by atoms with Crippen LogP contribution in [0.5, 0.6) is 0 Å². The van der Waals surface area contributed by atoms with Gasteiger partial charge in [-0.15, -0.1) is 10.2 Å². The molecular weight excluding hydrogens is 206 g/mol. The van der Waals surface area contributed by atoms with Gasteiger partial charge in [0.05, 0.1) is 0 Å². The lowest BCUT2D eigenvalue weighted by Gasteiger charge is -2.03. The normalized spacial score (nSPS) is 18.0. The van der Waals surface area contributed by atoms with Crippen LogP contribution in [0, 0.1) is 0 Å². The first-order chi connectivity index (χ1) is 7.29. The fourth-order valence-corrected chi connectivity index (χ4v) is 2.49. The molecule has 1 aliphatic carbocycles. The Morgan fingerprint density at radius 2 is 2.27 bits per heavy atom. The second-order valence-corrected chi connectivity index (χ2v) is 5.47. The van der Waals surface area contributed by atoms with Crippen LogP contribution in [0.1, 0.15) is 55.5 Å². The molecule has 1 unspecified atom stereocenters. The Morgan fingerprint density at radius 1 is 1.47 bits per heavy atom. The van der Waals surface area contributed by atoms with Crippen molar-refractivity contribution in [3.8, 4) is 0 Å². The predicted octanol–water partition coefficient (Wildman–Crippen LogP) is 2.69. The van der Waals surface area contributed by atoms with Crippen LogP contribution in [-0.2, 0) is 6.54 Å². The van der Waals surface area contributed by atoms with E-state index in [0.29, 0.717) is 5.92 Å². The van der Waals surface area contributed by atoms with Crippen molar-refractivity contribution in [2.45, 2.75) is 58.0 Å². The summed E-state index contributed by atoms with van der Waals surface area (Å²) in [5.74, 6) is 0.571. The third-order valence-electron chi connectivity index (χ3n) is 2.75. The van der Waals surface area contributed by atoms with Gasteiger partial charge in [-0.1, -0.05) is 31.6 Å². The van der Waals surface area contributed by atoms with Crippen LogP contribution in [0.4, 0.5) is 0 Å². The Kier molecular flexibility index (Phi) is 3.70. The maximum Gasteiger partial charge on any atom is 0.131 e. The van der Waals surface area contributed by atoms with E-state index in [2.05, 4.69) is 29.4 Å². The minimum absolute atomic E-state index is 0.571. The van der Waals surface area contributed by atoms with E-state index in [0.717, 1.165) is 17.6 Å². The van der Waals surface area contributed by atoms with Gasteiger partial charge in [-0.3, -0.25) is 0 Å². The van der Waals surface area contributed by atoms with Gasteiger partial charge in [0.2, 0.25) is 0 Å². The van der Waals surface area contributed by atoms with E-state index in [9.17, 15) is 0 Å². The first-order valence-corrected chi connectivity index (χ1v) is 6.67. The molecule has 1 saturated carbocycles. The Labute approximate surface area is 95.3 Å². The molecular formula is C11H19N3S. The molecule has 1 aromatic rings. The summed E-state index contributed by atoms with van der Waals surface area (Å²) in [4.78, 5) is 0. The standard InChI is InChI=1S/C11H19N3S/c1-3-4-8(2)11-14-13-10(15-11)7-12-9-5-6-9/h8-9,12H,3-7H2,1-2H3. The average Bonchev–Trinajstić information content (AvgIpc) is 2.93. The summed E-state index contributed by atoms with van der Waals surface area (Å²) in [6, 6.07) is 0.755. The van der Waals surface area contributed by atoms with Gasteiger partial charge in [-0.05, 0) is 19.3 Å². The first-order valence-electron chi connectivity index (χ1n) is 5.85. The van der Waals surface area contributed by atoms with E-state index in [1.54, 1.807) is 11.3 Å². The smallest absolute Gasteiger partial charge is 0.131 e. The minimum Gasteiger partial charge on any atom is -0.308 e. The van der Waals surface area contributed by atoms with E-state index < -0.39 is 0 Å². The maximum absolute atomic E-state index is 4.26. The quantitative estimate of drug-likeness (QED) is 0.809. The Balaban J connectivity index is 1.84. The molecule has 0 radical (unpaired) electrons. The largest absolute Gasteiger partial charge is 0.308 e. The number of nitrogens with one attached hydrogen (secondary N) is 1. The molecule has 1 heterocycles. The third kappa shape index (κ3) is 3.24. The number of rotatable bonds is 6. The van der Waals surface area contributed by atoms with Gasteiger partial charge in [-0.25, -0.2) is 0 Å². The zero-order chi connectivity index (χ0) is 10.7. The van der Waals surface area contributed by atoms with Crippen LogP contribution in [0.3, 0.4) is 0 Å². The van der Waals surface area contributed by atoms with Crippen LogP contribution < -0.4 is 5.32 Å². The van der Waals surface area contributed by atoms with Crippen molar-refractivity contribution in [3.05, 3.63) is 10.0 Å². The second kappa shape index (κ2) is 5.03. The molecule has 15 heavy (non-hydrogen) atoms. The molecule has 4 heteroatoms. The summed E-state index contributed by atoms with van der Waals surface area (Å²) in [6.07, 6.45) is 5.09. The van der Waals surface area contributed by atoms with Crippen molar-refractivity contribution in [2.24, 2.45) is 0 Å².